The lowest BCUT2D eigenvalue weighted by Crippen LogP contribution is -2.13. The number of benzene rings is 1. The van der Waals surface area contributed by atoms with Crippen molar-refractivity contribution in [2.24, 2.45) is 0 Å². The molecule has 0 amide bonds. The molecule has 1 aromatic rings. The fourth-order valence-corrected chi connectivity index (χ4v) is 2.06. The van der Waals surface area contributed by atoms with Gasteiger partial charge in [0.2, 0.25) is 0 Å². The predicted molar refractivity (Wildman–Crippen MR) is 69.3 cm³/mol. The highest BCUT2D eigenvalue weighted by Crippen LogP contribution is 2.33. The van der Waals surface area contributed by atoms with Crippen LogP contribution < -0.4 is 5.32 Å². The second-order valence-corrected chi connectivity index (χ2v) is 4.21. The molecule has 0 spiro atoms. The summed E-state index contributed by atoms with van der Waals surface area (Å²) < 4.78 is 5.06. The van der Waals surface area contributed by atoms with E-state index in [-0.39, 0.29) is 5.17 Å². The summed E-state index contributed by atoms with van der Waals surface area (Å²) in [5.41, 5.74) is 0.501. The molecule has 0 heterocycles. The molecular weight excluding hydrogens is 277 g/mol. The molecule has 2 nitrogen and oxygen atoms in total. The van der Waals surface area contributed by atoms with E-state index in [2.05, 4.69) is 5.32 Å². The van der Waals surface area contributed by atoms with Crippen LogP contribution in [0.3, 0.4) is 0 Å². The van der Waals surface area contributed by atoms with Crippen molar-refractivity contribution in [2.45, 2.75) is 6.92 Å². The highest BCUT2D eigenvalue weighted by molar-refractivity contribution is 7.80. The minimum atomic E-state index is 0.226. The Bertz CT molecular complexity index is 361. The zero-order valence-electron chi connectivity index (χ0n) is 7.81. The molecular formula is C9H8Cl3NOS. The Hall–Kier alpha value is -0.220. The van der Waals surface area contributed by atoms with Crippen molar-refractivity contribution in [1.82, 2.24) is 0 Å². The van der Waals surface area contributed by atoms with Crippen molar-refractivity contribution in [1.29, 1.82) is 0 Å². The van der Waals surface area contributed by atoms with Gasteiger partial charge in [0.1, 0.15) is 0 Å². The average Bonchev–Trinajstić information content (AvgIpc) is 2.11. The van der Waals surface area contributed by atoms with Crippen LogP contribution in [0.25, 0.3) is 0 Å². The van der Waals surface area contributed by atoms with E-state index in [1.54, 1.807) is 12.1 Å². The molecule has 6 heteroatoms. The topological polar surface area (TPSA) is 21.3 Å². The maximum absolute atomic E-state index is 5.93. The lowest BCUT2D eigenvalue weighted by atomic mass is 10.3. The standard InChI is InChI=1S/C9H8Cl3NOS/c1-2-14-9(15)13-8-6(11)3-5(10)4-7(8)12/h3-4H,2H2,1H3,(H,13,15). The summed E-state index contributed by atoms with van der Waals surface area (Å²) in [6.45, 7) is 2.31. The lowest BCUT2D eigenvalue weighted by molar-refractivity contribution is 0.335. The molecule has 0 unspecified atom stereocenters. The maximum atomic E-state index is 5.93. The third-order valence-corrected chi connectivity index (χ3v) is 2.54. The van der Waals surface area contributed by atoms with Crippen LogP contribution in [-0.4, -0.2) is 11.8 Å². The first-order valence-electron chi connectivity index (χ1n) is 4.13. The number of halogens is 3. The highest BCUT2D eigenvalue weighted by Gasteiger charge is 2.09. The third kappa shape index (κ3) is 3.68. The normalized spacial score (nSPS) is 9.87. The van der Waals surface area contributed by atoms with Crippen molar-refractivity contribution >= 4 is 57.9 Å². The van der Waals surface area contributed by atoms with Gasteiger partial charge in [0.25, 0.3) is 5.17 Å². The van der Waals surface area contributed by atoms with Crippen LogP contribution in [0.15, 0.2) is 12.1 Å². The van der Waals surface area contributed by atoms with Crippen molar-refractivity contribution in [2.75, 3.05) is 11.9 Å². The first-order chi connectivity index (χ1) is 7.04. The Balaban J connectivity index is 2.90. The van der Waals surface area contributed by atoms with E-state index >= 15 is 0 Å². The molecule has 0 aliphatic carbocycles. The molecule has 0 atom stereocenters. The number of hydrogen-bond donors (Lipinski definition) is 1. The molecule has 15 heavy (non-hydrogen) atoms. The van der Waals surface area contributed by atoms with Crippen LogP contribution in [-0.2, 0) is 4.74 Å². The van der Waals surface area contributed by atoms with Crippen molar-refractivity contribution in [3.8, 4) is 0 Å². The maximum Gasteiger partial charge on any atom is 0.261 e. The summed E-state index contributed by atoms with van der Waals surface area (Å²) in [4.78, 5) is 0. The number of nitrogens with one attached hydrogen (secondary N) is 1. The summed E-state index contributed by atoms with van der Waals surface area (Å²) in [5, 5.41) is 4.28. The molecule has 0 saturated heterocycles. The monoisotopic (exact) mass is 283 g/mol. The summed E-state index contributed by atoms with van der Waals surface area (Å²) in [7, 11) is 0. The molecule has 1 rings (SSSR count). The molecule has 82 valence electrons. The van der Waals surface area contributed by atoms with Crippen LogP contribution in [0.2, 0.25) is 15.1 Å². The SMILES string of the molecule is CCOC(=S)Nc1c(Cl)cc(Cl)cc1Cl. The van der Waals surface area contributed by atoms with Gasteiger partial charge in [0, 0.05) is 5.02 Å². The van der Waals surface area contributed by atoms with E-state index < -0.39 is 0 Å². The molecule has 0 aliphatic rings. The van der Waals surface area contributed by atoms with E-state index in [9.17, 15) is 0 Å². The summed E-state index contributed by atoms with van der Waals surface area (Å²) in [5.74, 6) is 0. The second kappa shape index (κ2) is 5.75. The minimum Gasteiger partial charge on any atom is -0.471 e. The number of anilines is 1. The molecule has 0 radical (unpaired) electrons. The molecule has 0 fully saturated rings. The average molecular weight is 285 g/mol. The smallest absolute Gasteiger partial charge is 0.261 e. The van der Waals surface area contributed by atoms with Crippen LogP contribution >= 0.6 is 47.0 Å². The first-order valence-corrected chi connectivity index (χ1v) is 5.67. The Morgan fingerprint density at radius 1 is 1.33 bits per heavy atom. The van der Waals surface area contributed by atoms with Gasteiger partial charge in [0.05, 0.1) is 22.3 Å². The molecule has 0 aliphatic heterocycles. The van der Waals surface area contributed by atoms with E-state index in [4.69, 9.17) is 51.8 Å². The van der Waals surface area contributed by atoms with Gasteiger partial charge in [-0.15, -0.1) is 0 Å². The molecule has 0 bridgehead atoms. The fourth-order valence-electron chi connectivity index (χ4n) is 0.931. The van der Waals surface area contributed by atoms with Gasteiger partial charge in [-0.1, -0.05) is 34.8 Å². The van der Waals surface area contributed by atoms with Crippen LogP contribution in [0, 0.1) is 0 Å². The Kier molecular flexibility index (Phi) is 4.93. The zero-order valence-corrected chi connectivity index (χ0v) is 10.9. The van der Waals surface area contributed by atoms with Gasteiger partial charge >= 0.3 is 0 Å². The number of rotatable bonds is 2. The summed E-state index contributed by atoms with van der Waals surface area (Å²) in [6, 6.07) is 3.15. The Morgan fingerprint density at radius 3 is 2.33 bits per heavy atom. The minimum absolute atomic E-state index is 0.226. The molecule has 1 aromatic carbocycles. The van der Waals surface area contributed by atoms with Crippen LogP contribution in [0.4, 0.5) is 5.69 Å². The van der Waals surface area contributed by atoms with Crippen LogP contribution in [0.1, 0.15) is 6.92 Å². The largest absolute Gasteiger partial charge is 0.471 e. The zero-order chi connectivity index (χ0) is 11.4. The van der Waals surface area contributed by atoms with Crippen LogP contribution in [0.5, 0.6) is 0 Å². The van der Waals surface area contributed by atoms with Gasteiger partial charge in [-0.2, -0.15) is 0 Å². The van der Waals surface area contributed by atoms with Gasteiger partial charge in [0.15, 0.2) is 0 Å². The Labute approximate surface area is 108 Å². The number of ether oxygens (including phenoxy) is 1. The lowest BCUT2D eigenvalue weighted by Gasteiger charge is -2.11. The van der Waals surface area contributed by atoms with E-state index in [1.165, 1.54) is 0 Å². The van der Waals surface area contributed by atoms with Gasteiger partial charge < -0.3 is 10.1 Å². The first kappa shape index (κ1) is 12.8. The number of thiocarbonyl (C=S) groups is 1. The fraction of sp³-hybridized carbons (Fsp3) is 0.222. The van der Waals surface area contributed by atoms with Crippen molar-refractivity contribution in [3.63, 3.8) is 0 Å². The van der Waals surface area contributed by atoms with E-state index in [0.717, 1.165) is 0 Å². The van der Waals surface area contributed by atoms with Gasteiger partial charge in [-0.3, -0.25) is 0 Å². The Morgan fingerprint density at radius 2 is 1.87 bits per heavy atom. The van der Waals surface area contributed by atoms with Gasteiger partial charge in [-0.05, 0) is 31.3 Å². The summed E-state index contributed by atoms with van der Waals surface area (Å²) >= 11 is 22.5. The molecule has 0 saturated carbocycles. The van der Waals surface area contributed by atoms with Crippen molar-refractivity contribution < 1.29 is 4.74 Å². The highest BCUT2D eigenvalue weighted by atomic mass is 35.5. The number of hydrogen-bond acceptors (Lipinski definition) is 2. The predicted octanol–water partition coefficient (Wildman–Crippen LogP) is 4.38. The third-order valence-electron chi connectivity index (χ3n) is 1.51. The quantitative estimate of drug-likeness (QED) is 0.814. The van der Waals surface area contributed by atoms with Gasteiger partial charge in [-0.25, -0.2) is 0 Å². The van der Waals surface area contributed by atoms with E-state index in [1.807, 2.05) is 6.92 Å². The molecule has 0 aromatic heterocycles. The molecule has 1 N–H and O–H groups in total. The summed E-state index contributed by atoms with van der Waals surface area (Å²) in [6.07, 6.45) is 0. The van der Waals surface area contributed by atoms with Crippen molar-refractivity contribution in [3.05, 3.63) is 27.2 Å². The van der Waals surface area contributed by atoms with E-state index in [0.29, 0.717) is 27.4 Å². The second-order valence-electron chi connectivity index (χ2n) is 2.59.